The Labute approximate surface area is 164 Å². The largest absolute Gasteiger partial charge is 0.335 e. The fourth-order valence-corrected chi connectivity index (χ4v) is 3.11. The van der Waals surface area contributed by atoms with Crippen molar-refractivity contribution in [3.63, 3.8) is 0 Å². The average molecular weight is 389 g/mol. The van der Waals surface area contributed by atoms with E-state index in [-0.39, 0.29) is 0 Å². The first-order valence-corrected chi connectivity index (χ1v) is 9.19. The van der Waals surface area contributed by atoms with Crippen molar-refractivity contribution >= 4 is 22.9 Å². The molecule has 0 saturated carbocycles. The third kappa shape index (κ3) is 4.64. The predicted octanol–water partition coefficient (Wildman–Crippen LogP) is 6.67. The Morgan fingerprint density at radius 1 is 1.15 bits per heavy atom. The highest BCUT2D eigenvalue weighted by atomic mass is 35.5. The zero-order valence-electron chi connectivity index (χ0n) is 15.7. The molecular weight excluding hydrogens is 366 g/mol. The molecule has 142 valence electrons. The molecule has 5 heteroatoms. The van der Waals surface area contributed by atoms with Gasteiger partial charge in [0.15, 0.2) is 0 Å². The van der Waals surface area contributed by atoms with Crippen molar-refractivity contribution in [3.05, 3.63) is 88.9 Å². The van der Waals surface area contributed by atoms with Gasteiger partial charge in [0.25, 0.3) is 6.43 Å². The second kappa shape index (κ2) is 9.47. The van der Waals surface area contributed by atoms with Crippen LogP contribution in [-0.4, -0.2) is 22.9 Å². The smallest absolute Gasteiger partial charge is 0.256 e. The summed E-state index contributed by atoms with van der Waals surface area (Å²) in [6.45, 7) is 9.41. The van der Waals surface area contributed by atoms with E-state index < -0.39 is 13.0 Å². The van der Waals surface area contributed by atoms with Gasteiger partial charge in [-0.25, -0.2) is 8.78 Å². The number of hydrogen-bond donors (Lipinski definition) is 0. The topological polar surface area (TPSA) is 16.1 Å². The number of benzene rings is 1. The normalized spacial score (nSPS) is 14.1. The van der Waals surface area contributed by atoms with E-state index in [2.05, 4.69) is 11.6 Å². The SMILES string of the molecule is C=C1C(C)=CC(c2ccccc2)=C(c2ccncc2Cl)N1CC(F)F.CC. The highest BCUT2D eigenvalue weighted by Crippen LogP contribution is 2.41. The number of alkyl halides is 2. The van der Waals surface area contributed by atoms with Gasteiger partial charge in [-0.15, -0.1) is 0 Å². The first-order chi connectivity index (χ1) is 13.0. The van der Waals surface area contributed by atoms with Crippen LogP contribution in [0.15, 0.2) is 72.7 Å². The molecule has 0 aliphatic carbocycles. The van der Waals surface area contributed by atoms with Crippen molar-refractivity contribution in [2.24, 2.45) is 0 Å². The summed E-state index contributed by atoms with van der Waals surface area (Å²) in [6, 6.07) is 11.4. The molecular formula is C22H23ClF2N2. The minimum atomic E-state index is -2.50. The summed E-state index contributed by atoms with van der Waals surface area (Å²) in [4.78, 5) is 5.54. The van der Waals surface area contributed by atoms with Crippen LogP contribution in [-0.2, 0) is 0 Å². The van der Waals surface area contributed by atoms with Gasteiger partial charge in [0.05, 0.1) is 17.3 Å². The molecule has 27 heavy (non-hydrogen) atoms. The molecule has 0 atom stereocenters. The van der Waals surface area contributed by atoms with Crippen LogP contribution < -0.4 is 0 Å². The number of pyridine rings is 1. The minimum Gasteiger partial charge on any atom is -0.335 e. The van der Waals surface area contributed by atoms with Gasteiger partial charge in [0.1, 0.15) is 0 Å². The van der Waals surface area contributed by atoms with Crippen LogP contribution in [0.4, 0.5) is 8.78 Å². The summed E-state index contributed by atoms with van der Waals surface area (Å²) < 4.78 is 26.5. The Hall–Kier alpha value is -2.46. The van der Waals surface area contributed by atoms with Crippen LogP contribution in [0, 0.1) is 0 Å². The van der Waals surface area contributed by atoms with E-state index in [0.29, 0.717) is 22.0 Å². The Balaban J connectivity index is 0.00000126. The summed E-state index contributed by atoms with van der Waals surface area (Å²) in [6.07, 6.45) is 2.58. The lowest BCUT2D eigenvalue weighted by atomic mass is 9.92. The lowest BCUT2D eigenvalue weighted by Gasteiger charge is -2.35. The zero-order valence-corrected chi connectivity index (χ0v) is 16.5. The monoisotopic (exact) mass is 388 g/mol. The Morgan fingerprint density at radius 3 is 2.41 bits per heavy atom. The summed E-state index contributed by atoms with van der Waals surface area (Å²) in [5.41, 5.74) is 4.42. The number of nitrogens with zero attached hydrogens (tertiary/aromatic N) is 2. The van der Waals surface area contributed by atoms with E-state index >= 15 is 0 Å². The van der Waals surface area contributed by atoms with Crippen molar-refractivity contribution in [2.75, 3.05) is 6.54 Å². The molecule has 3 rings (SSSR count). The van der Waals surface area contributed by atoms with Crippen LogP contribution in [0.2, 0.25) is 5.02 Å². The Kier molecular flexibility index (Phi) is 7.31. The van der Waals surface area contributed by atoms with Gasteiger partial charge in [-0.2, -0.15) is 0 Å². The van der Waals surface area contributed by atoms with Gasteiger partial charge in [-0.3, -0.25) is 4.98 Å². The van der Waals surface area contributed by atoms with E-state index in [9.17, 15) is 8.78 Å². The molecule has 0 fully saturated rings. The number of halogens is 3. The van der Waals surface area contributed by atoms with Gasteiger partial charge in [0.2, 0.25) is 0 Å². The Bertz CT molecular complexity index is 858. The zero-order chi connectivity index (χ0) is 20.0. The predicted molar refractivity (Wildman–Crippen MR) is 109 cm³/mol. The molecule has 1 aliphatic heterocycles. The van der Waals surface area contributed by atoms with E-state index in [1.54, 1.807) is 17.2 Å². The minimum absolute atomic E-state index is 0.408. The molecule has 1 aromatic heterocycles. The molecule has 0 spiro atoms. The summed E-state index contributed by atoms with van der Waals surface area (Å²) in [5.74, 6) is 0. The van der Waals surface area contributed by atoms with E-state index in [1.165, 1.54) is 6.20 Å². The van der Waals surface area contributed by atoms with Crippen molar-refractivity contribution in [3.8, 4) is 0 Å². The average Bonchev–Trinajstić information content (AvgIpc) is 2.68. The van der Waals surface area contributed by atoms with Crippen molar-refractivity contribution in [1.82, 2.24) is 9.88 Å². The second-order valence-electron chi connectivity index (χ2n) is 5.76. The highest BCUT2D eigenvalue weighted by Gasteiger charge is 2.28. The van der Waals surface area contributed by atoms with Crippen molar-refractivity contribution < 1.29 is 8.78 Å². The van der Waals surface area contributed by atoms with Gasteiger partial charge >= 0.3 is 0 Å². The summed E-state index contributed by atoms with van der Waals surface area (Å²) in [5, 5.41) is 0.408. The number of aromatic nitrogens is 1. The molecule has 1 aromatic carbocycles. The van der Waals surface area contributed by atoms with Crippen LogP contribution in [0.1, 0.15) is 31.9 Å². The maximum absolute atomic E-state index is 13.3. The van der Waals surface area contributed by atoms with Crippen LogP contribution in [0.5, 0.6) is 0 Å². The standard InChI is InChI=1S/C20H17ClF2N2.C2H6/c1-13-10-17(15-6-4-3-5-7-15)20(16-8-9-24-11-18(16)21)25(14(13)2)12-19(22)23;1-2/h3-11,19H,2,12H2,1H3;1-2H3. The molecule has 2 nitrogen and oxygen atoms in total. The summed E-state index contributed by atoms with van der Waals surface area (Å²) in [7, 11) is 0. The first kappa shape index (κ1) is 20.8. The molecule has 0 unspecified atom stereocenters. The first-order valence-electron chi connectivity index (χ1n) is 8.82. The second-order valence-corrected chi connectivity index (χ2v) is 6.17. The molecule has 1 aliphatic rings. The third-order valence-corrected chi connectivity index (χ3v) is 4.40. The van der Waals surface area contributed by atoms with Crippen molar-refractivity contribution in [1.29, 1.82) is 0 Å². The summed E-state index contributed by atoms with van der Waals surface area (Å²) >= 11 is 6.34. The molecule has 2 heterocycles. The number of hydrogen-bond acceptors (Lipinski definition) is 2. The Morgan fingerprint density at radius 2 is 1.81 bits per heavy atom. The number of allylic oxidation sites excluding steroid dienone is 3. The molecule has 0 amide bonds. The molecule has 0 bridgehead atoms. The van der Waals surface area contributed by atoms with Gasteiger partial charge in [-0.1, -0.05) is 62.4 Å². The molecule has 2 aromatic rings. The van der Waals surface area contributed by atoms with E-state index in [0.717, 1.165) is 16.7 Å². The van der Waals surface area contributed by atoms with Gasteiger partial charge in [-0.05, 0) is 30.2 Å². The maximum Gasteiger partial charge on any atom is 0.256 e. The fraction of sp³-hybridized carbons (Fsp3) is 0.227. The van der Waals surface area contributed by atoms with Gasteiger partial charge in [0, 0.05) is 29.2 Å². The lowest BCUT2D eigenvalue weighted by molar-refractivity contribution is 0.123. The molecule has 0 saturated heterocycles. The van der Waals surface area contributed by atoms with Gasteiger partial charge < -0.3 is 4.90 Å². The van der Waals surface area contributed by atoms with Crippen LogP contribution in [0.3, 0.4) is 0 Å². The molecule has 0 N–H and O–H groups in total. The lowest BCUT2D eigenvalue weighted by Crippen LogP contribution is -2.30. The third-order valence-electron chi connectivity index (χ3n) is 4.10. The highest BCUT2D eigenvalue weighted by molar-refractivity contribution is 6.32. The fourth-order valence-electron chi connectivity index (χ4n) is 2.90. The van der Waals surface area contributed by atoms with Crippen molar-refractivity contribution in [2.45, 2.75) is 27.2 Å². The van der Waals surface area contributed by atoms with Crippen LogP contribution in [0.25, 0.3) is 11.3 Å². The van der Waals surface area contributed by atoms with E-state index in [4.69, 9.17) is 11.6 Å². The maximum atomic E-state index is 13.3. The van der Waals surface area contributed by atoms with E-state index in [1.807, 2.05) is 57.2 Å². The number of rotatable bonds is 4. The molecule has 0 radical (unpaired) electrons. The van der Waals surface area contributed by atoms with Crippen LogP contribution >= 0.6 is 11.6 Å². The quantitative estimate of drug-likeness (QED) is 0.581.